The number of hydrogen-bond acceptors (Lipinski definition) is 2. The van der Waals surface area contributed by atoms with Crippen LogP contribution in [0.15, 0.2) is 24.3 Å². The van der Waals surface area contributed by atoms with Gasteiger partial charge >= 0.3 is 5.97 Å². The average Bonchev–Trinajstić information content (AvgIpc) is 2.72. The van der Waals surface area contributed by atoms with Gasteiger partial charge in [0.2, 0.25) is 0 Å². The Hall–Kier alpha value is -1.81. The number of rotatable bonds is 1. The lowest BCUT2D eigenvalue weighted by atomic mass is 9.97. The maximum Gasteiger partial charge on any atom is 0.324 e. The standard InChI is InChI=1S/C12H12N2O2/c13-12(11(15)16)5-8-7-3-1-2-4-9(7)14-10(8)6-12/h1-4,14H,5-6,13H2,(H,15,16)/t12-/m0/s1. The van der Waals surface area contributed by atoms with Crippen molar-refractivity contribution in [2.75, 3.05) is 0 Å². The van der Waals surface area contributed by atoms with Crippen LogP contribution in [-0.2, 0) is 17.6 Å². The molecular weight excluding hydrogens is 204 g/mol. The van der Waals surface area contributed by atoms with Gasteiger partial charge < -0.3 is 15.8 Å². The predicted molar refractivity (Wildman–Crippen MR) is 60.3 cm³/mol. The van der Waals surface area contributed by atoms with E-state index in [1.54, 1.807) is 0 Å². The molecule has 1 atom stereocenters. The van der Waals surface area contributed by atoms with Crippen molar-refractivity contribution in [1.29, 1.82) is 0 Å². The first-order chi connectivity index (χ1) is 7.60. The lowest BCUT2D eigenvalue weighted by molar-refractivity contribution is -0.142. The zero-order valence-electron chi connectivity index (χ0n) is 8.66. The van der Waals surface area contributed by atoms with Gasteiger partial charge in [-0.25, -0.2) is 0 Å². The highest BCUT2D eigenvalue weighted by atomic mass is 16.4. The lowest BCUT2D eigenvalue weighted by Crippen LogP contribution is -2.48. The number of hydrogen-bond donors (Lipinski definition) is 3. The minimum Gasteiger partial charge on any atom is -0.480 e. The molecule has 1 aliphatic carbocycles. The van der Waals surface area contributed by atoms with Gasteiger partial charge in [-0.3, -0.25) is 4.79 Å². The van der Waals surface area contributed by atoms with Gasteiger partial charge in [0.25, 0.3) is 0 Å². The molecule has 1 heterocycles. The molecule has 0 unspecified atom stereocenters. The molecule has 1 aliphatic rings. The minimum absolute atomic E-state index is 0.381. The quantitative estimate of drug-likeness (QED) is 0.666. The average molecular weight is 216 g/mol. The van der Waals surface area contributed by atoms with Crippen molar-refractivity contribution in [2.45, 2.75) is 18.4 Å². The van der Waals surface area contributed by atoms with Crippen molar-refractivity contribution in [3.05, 3.63) is 35.5 Å². The number of para-hydroxylation sites is 1. The summed E-state index contributed by atoms with van der Waals surface area (Å²) in [6.07, 6.45) is 0.786. The summed E-state index contributed by atoms with van der Waals surface area (Å²) in [7, 11) is 0. The van der Waals surface area contributed by atoms with Crippen LogP contribution in [-0.4, -0.2) is 21.6 Å². The number of aromatic nitrogens is 1. The second kappa shape index (κ2) is 2.86. The van der Waals surface area contributed by atoms with Crippen LogP contribution in [0.4, 0.5) is 0 Å². The maximum atomic E-state index is 11.1. The molecule has 0 saturated carbocycles. The van der Waals surface area contributed by atoms with E-state index in [2.05, 4.69) is 4.98 Å². The van der Waals surface area contributed by atoms with Gasteiger partial charge in [0.05, 0.1) is 0 Å². The summed E-state index contributed by atoms with van der Waals surface area (Å²) < 4.78 is 0. The molecule has 0 saturated heterocycles. The van der Waals surface area contributed by atoms with E-state index in [0.717, 1.165) is 22.2 Å². The molecule has 0 radical (unpaired) electrons. The molecular formula is C12H12N2O2. The van der Waals surface area contributed by atoms with Crippen molar-refractivity contribution in [3.63, 3.8) is 0 Å². The Bertz CT molecular complexity index is 588. The third-order valence-electron chi connectivity index (χ3n) is 3.31. The van der Waals surface area contributed by atoms with Crippen LogP contribution in [0.3, 0.4) is 0 Å². The van der Waals surface area contributed by atoms with Crippen LogP contribution in [0.1, 0.15) is 11.3 Å². The lowest BCUT2D eigenvalue weighted by Gasteiger charge is -2.17. The summed E-state index contributed by atoms with van der Waals surface area (Å²) in [4.78, 5) is 14.3. The molecule has 0 aliphatic heterocycles. The molecule has 0 spiro atoms. The van der Waals surface area contributed by atoms with Crippen molar-refractivity contribution in [2.24, 2.45) is 5.73 Å². The highest BCUT2D eigenvalue weighted by Crippen LogP contribution is 2.34. The first kappa shape index (κ1) is 9.42. The third-order valence-corrected chi connectivity index (χ3v) is 3.31. The number of fused-ring (bicyclic) bond motifs is 3. The number of aliphatic carboxylic acids is 1. The van der Waals surface area contributed by atoms with E-state index >= 15 is 0 Å². The van der Waals surface area contributed by atoms with Gasteiger partial charge in [0, 0.05) is 29.4 Å². The molecule has 1 aromatic carbocycles. The minimum atomic E-state index is -1.13. The van der Waals surface area contributed by atoms with Gasteiger partial charge in [-0.2, -0.15) is 0 Å². The summed E-state index contributed by atoms with van der Waals surface area (Å²) in [6, 6.07) is 7.90. The molecule has 0 fully saturated rings. The van der Waals surface area contributed by atoms with Crippen LogP contribution >= 0.6 is 0 Å². The number of H-pyrrole nitrogens is 1. The van der Waals surface area contributed by atoms with E-state index in [-0.39, 0.29) is 0 Å². The summed E-state index contributed by atoms with van der Waals surface area (Å²) in [5.74, 6) is -0.929. The predicted octanol–water partition coefficient (Wildman–Crippen LogP) is 1.05. The third kappa shape index (κ3) is 1.10. The number of nitrogens with two attached hydrogens (primary N) is 1. The van der Waals surface area contributed by atoms with Crippen LogP contribution in [0, 0.1) is 0 Å². The fourth-order valence-electron chi connectivity index (χ4n) is 2.45. The van der Waals surface area contributed by atoms with Gasteiger partial charge in [-0.1, -0.05) is 18.2 Å². The fraction of sp³-hybridized carbons (Fsp3) is 0.250. The normalized spacial score (nSPS) is 23.6. The molecule has 0 amide bonds. The molecule has 1 aromatic heterocycles. The first-order valence-corrected chi connectivity index (χ1v) is 5.21. The smallest absolute Gasteiger partial charge is 0.324 e. The number of carboxylic acids is 1. The van der Waals surface area contributed by atoms with Gasteiger partial charge in [-0.15, -0.1) is 0 Å². The summed E-state index contributed by atoms with van der Waals surface area (Å²) >= 11 is 0. The van der Waals surface area contributed by atoms with Crippen molar-refractivity contribution >= 4 is 16.9 Å². The van der Waals surface area contributed by atoms with E-state index in [4.69, 9.17) is 10.8 Å². The molecule has 4 heteroatoms. The highest BCUT2D eigenvalue weighted by Gasteiger charge is 2.42. The molecule has 3 rings (SSSR count). The largest absolute Gasteiger partial charge is 0.480 e. The Kier molecular flexibility index (Phi) is 1.68. The van der Waals surface area contributed by atoms with E-state index < -0.39 is 11.5 Å². The second-order valence-electron chi connectivity index (χ2n) is 4.44. The van der Waals surface area contributed by atoms with Crippen molar-refractivity contribution in [3.8, 4) is 0 Å². The van der Waals surface area contributed by atoms with Crippen LogP contribution < -0.4 is 5.73 Å². The van der Waals surface area contributed by atoms with E-state index in [9.17, 15) is 4.79 Å². The molecule has 82 valence electrons. The summed E-state index contributed by atoms with van der Waals surface area (Å²) in [5.41, 5.74) is 7.81. The topological polar surface area (TPSA) is 79.1 Å². The van der Waals surface area contributed by atoms with Crippen LogP contribution in [0.5, 0.6) is 0 Å². The molecule has 0 bridgehead atoms. The SMILES string of the molecule is N[C@]1(C(=O)O)Cc2[nH]c3ccccc3c2C1. The summed E-state index contributed by atoms with van der Waals surface area (Å²) in [5, 5.41) is 10.2. The van der Waals surface area contributed by atoms with Crippen molar-refractivity contribution in [1.82, 2.24) is 4.98 Å². The Labute approximate surface area is 92.1 Å². The number of aromatic amines is 1. The Balaban J connectivity index is 2.15. The van der Waals surface area contributed by atoms with Crippen molar-refractivity contribution < 1.29 is 9.90 Å². The molecule has 16 heavy (non-hydrogen) atoms. The monoisotopic (exact) mass is 216 g/mol. The van der Waals surface area contributed by atoms with E-state index in [1.807, 2.05) is 24.3 Å². The summed E-state index contributed by atoms with van der Waals surface area (Å²) in [6.45, 7) is 0. The van der Waals surface area contributed by atoms with Gasteiger partial charge in [0.1, 0.15) is 5.54 Å². The molecule has 2 aromatic rings. The van der Waals surface area contributed by atoms with Crippen LogP contribution in [0.2, 0.25) is 0 Å². The Morgan fingerprint density at radius 2 is 2.12 bits per heavy atom. The first-order valence-electron chi connectivity index (χ1n) is 5.21. The second-order valence-corrected chi connectivity index (χ2v) is 4.44. The highest BCUT2D eigenvalue weighted by molar-refractivity contribution is 5.89. The van der Waals surface area contributed by atoms with E-state index in [1.165, 1.54) is 0 Å². The Morgan fingerprint density at radius 1 is 1.38 bits per heavy atom. The van der Waals surface area contributed by atoms with E-state index in [0.29, 0.717) is 12.8 Å². The Morgan fingerprint density at radius 3 is 2.88 bits per heavy atom. The number of carboxylic acid groups (broad SMARTS) is 1. The maximum absolute atomic E-state index is 11.1. The zero-order valence-corrected chi connectivity index (χ0v) is 8.66. The molecule has 4 N–H and O–H groups in total. The zero-order chi connectivity index (χ0) is 11.3. The van der Waals surface area contributed by atoms with Gasteiger partial charge in [-0.05, 0) is 11.6 Å². The van der Waals surface area contributed by atoms with Crippen LogP contribution in [0.25, 0.3) is 10.9 Å². The fourth-order valence-corrected chi connectivity index (χ4v) is 2.45. The number of nitrogens with one attached hydrogen (secondary N) is 1. The van der Waals surface area contributed by atoms with Gasteiger partial charge in [0.15, 0.2) is 0 Å². The molecule has 4 nitrogen and oxygen atoms in total. The number of carbonyl (C=O) groups is 1. The number of benzene rings is 1.